The molecule has 4 rings (SSSR count). The Morgan fingerprint density at radius 1 is 1.04 bits per heavy atom. The van der Waals surface area contributed by atoms with Gasteiger partial charge in [-0.05, 0) is 48.9 Å². The standard InChI is InChI=1S/C23H18O5/c1-14-9-17(22(24)19(10-14)23(25)26)13-27-18-7-4-6-15(11-18)21-12-16-5-2-3-8-20(16)28-21/h2-12,24H,13H2,1H3,(H,25,26). The van der Waals surface area contributed by atoms with Gasteiger partial charge in [-0.15, -0.1) is 0 Å². The van der Waals surface area contributed by atoms with Gasteiger partial charge in [-0.3, -0.25) is 0 Å². The van der Waals surface area contributed by atoms with Crippen LogP contribution in [0.25, 0.3) is 22.3 Å². The molecule has 0 unspecified atom stereocenters. The molecule has 5 heteroatoms. The highest BCUT2D eigenvalue weighted by Gasteiger charge is 2.15. The Morgan fingerprint density at radius 3 is 2.64 bits per heavy atom. The predicted molar refractivity (Wildman–Crippen MR) is 106 cm³/mol. The van der Waals surface area contributed by atoms with E-state index < -0.39 is 5.97 Å². The molecule has 140 valence electrons. The summed E-state index contributed by atoms with van der Waals surface area (Å²) in [7, 11) is 0. The van der Waals surface area contributed by atoms with Gasteiger partial charge in [0.25, 0.3) is 0 Å². The van der Waals surface area contributed by atoms with Gasteiger partial charge in [0, 0.05) is 16.5 Å². The van der Waals surface area contributed by atoms with E-state index in [2.05, 4.69) is 0 Å². The molecule has 0 aliphatic carbocycles. The molecule has 4 aromatic rings. The lowest BCUT2D eigenvalue weighted by Gasteiger charge is -2.11. The van der Waals surface area contributed by atoms with Gasteiger partial charge >= 0.3 is 5.97 Å². The summed E-state index contributed by atoms with van der Waals surface area (Å²) in [5.41, 5.74) is 2.72. The molecular formula is C23H18O5. The van der Waals surface area contributed by atoms with Crippen LogP contribution in [0.4, 0.5) is 0 Å². The van der Waals surface area contributed by atoms with Crippen molar-refractivity contribution in [1.82, 2.24) is 0 Å². The number of carbonyl (C=O) groups is 1. The number of benzene rings is 3. The van der Waals surface area contributed by atoms with E-state index in [1.54, 1.807) is 19.1 Å². The summed E-state index contributed by atoms with van der Waals surface area (Å²) in [4.78, 5) is 11.3. The summed E-state index contributed by atoms with van der Waals surface area (Å²) in [6.07, 6.45) is 0. The number of hydrogen-bond acceptors (Lipinski definition) is 4. The van der Waals surface area contributed by atoms with Crippen molar-refractivity contribution in [1.29, 1.82) is 0 Å². The molecule has 0 radical (unpaired) electrons. The number of furan rings is 1. The molecule has 0 saturated heterocycles. The van der Waals surface area contributed by atoms with Crippen LogP contribution in [-0.2, 0) is 6.61 Å². The van der Waals surface area contributed by atoms with Crippen molar-refractivity contribution < 1.29 is 24.2 Å². The third kappa shape index (κ3) is 3.42. The number of aromatic carboxylic acids is 1. The third-order valence-corrected chi connectivity index (χ3v) is 4.50. The molecule has 0 fully saturated rings. The normalized spacial score (nSPS) is 10.9. The average molecular weight is 374 g/mol. The minimum absolute atomic E-state index is 0.0530. The number of aromatic hydroxyl groups is 1. The number of rotatable bonds is 5. The van der Waals surface area contributed by atoms with E-state index in [-0.39, 0.29) is 17.9 Å². The Hall–Kier alpha value is -3.73. The van der Waals surface area contributed by atoms with Gasteiger partial charge in [-0.25, -0.2) is 4.79 Å². The second kappa shape index (κ2) is 7.12. The second-order valence-electron chi connectivity index (χ2n) is 6.59. The Bertz CT molecular complexity index is 1140. The summed E-state index contributed by atoms with van der Waals surface area (Å²) >= 11 is 0. The van der Waals surface area contributed by atoms with Crippen molar-refractivity contribution in [3.63, 3.8) is 0 Å². The molecule has 2 N–H and O–H groups in total. The molecule has 0 amide bonds. The second-order valence-corrected chi connectivity index (χ2v) is 6.59. The third-order valence-electron chi connectivity index (χ3n) is 4.50. The smallest absolute Gasteiger partial charge is 0.339 e. The highest BCUT2D eigenvalue weighted by Crippen LogP contribution is 2.31. The summed E-state index contributed by atoms with van der Waals surface area (Å²) < 4.78 is 11.7. The number of ether oxygens (including phenoxy) is 1. The van der Waals surface area contributed by atoms with Gasteiger partial charge < -0.3 is 19.4 Å². The number of para-hydroxylation sites is 1. The van der Waals surface area contributed by atoms with E-state index in [0.717, 1.165) is 27.9 Å². The van der Waals surface area contributed by atoms with Crippen LogP contribution >= 0.6 is 0 Å². The Balaban J connectivity index is 1.59. The highest BCUT2D eigenvalue weighted by molar-refractivity contribution is 5.91. The quantitative estimate of drug-likeness (QED) is 0.489. The molecule has 0 bridgehead atoms. The van der Waals surface area contributed by atoms with Gasteiger partial charge in [0.15, 0.2) is 0 Å². The summed E-state index contributed by atoms with van der Waals surface area (Å²) in [5, 5.41) is 20.4. The number of phenols is 1. The zero-order valence-electron chi connectivity index (χ0n) is 15.2. The molecular weight excluding hydrogens is 356 g/mol. The van der Waals surface area contributed by atoms with Crippen LogP contribution in [-0.4, -0.2) is 16.2 Å². The average Bonchev–Trinajstić information content (AvgIpc) is 3.13. The molecule has 28 heavy (non-hydrogen) atoms. The maximum atomic E-state index is 11.3. The van der Waals surface area contributed by atoms with Crippen molar-refractivity contribution in [3.05, 3.63) is 83.4 Å². The van der Waals surface area contributed by atoms with Gasteiger partial charge in [0.05, 0.1) is 0 Å². The fraction of sp³-hybridized carbons (Fsp3) is 0.0870. The van der Waals surface area contributed by atoms with Crippen molar-refractivity contribution in [2.45, 2.75) is 13.5 Å². The molecule has 3 aromatic carbocycles. The monoisotopic (exact) mass is 374 g/mol. The van der Waals surface area contributed by atoms with Crippen LogP contribution in [0.5, 0.6) is 11.5 Å². The summed E-state index contributed by atoms with van der Waals surface area (Å²) in [6, 6.07) is 20.3. The van der Waals surface area contributed by atoms with Crippen LogP contribution < -0.4 is 4.74 Å². The Labute approximate surface area is 161 Å². The molecule has 5 nitrogen and oxygen atoms in total. The lowest BCUT2D eigenvalue weighted by molar-refractivity contribution is 0.0693. The molecule has 0 aliphatic heterocycles. The van der Waals surface area contributed by atoms with E-state index in [9.17, 15) is 15.0 Å². The van der Waals surface area contributed by atoms with E-state index in [0.29, 0.717) is 11.3 Å². The van der Waals surface area contributed by atoms with E-state index in [1.165, 1.54) is 6.07 Å². The minimum Gasteiger partial charge on any atom is -0.507 e. The fourth-order valence-corrected chi connectivity index (χ4v) is 3.15. The maximum absolute atomic E-state index is 11.3. The van der Waals surface area contributed by atoms with E-state index in [1.807, 2.05) is 48.5 Å². The minimum atomic E-state index is -1.17. The van der Waals surface area contributed by atoms with Crippen molar-refractivity contribution in [2.75, 3.05) is 0 Å². The first kappa shape index (κ1) is 17.7. The first-order chi connectivity index (χ1) is 13.5. The van der Waals surface area contributed by atoms with Crippen LogP contribution in [0.1, 0.15) is 21.5 Å². The zero-order chi connectivity index (χ0) is 19.7. The lowest BCUT2D eigenvalue weighted by Crippen LogP contribution is -2.03. The van der Waals surface area contributed by atoms with Gasteiger partial charge in [0.1, 0.15) is 35.0 Å². The van der Waals surface area contributed by atoms with Crippen molar-refractivity contribution in [2.24, 2.45) is 0 Å². The highest BCUT2D eigenvalue weighted by atomic mass is 16.5. The largest absolute Gasteiger partial charge is 0.507 e. The number of aryl methyl sites for hydroxylation is 1. The maximum Gasteiger partial charge on any atom is 0.339 e. The summed E-state index contributed by atoms with van der Waals surface area (Å²) in [6.45, 7) is 1.83. The van der Waals surface area contributed by atoms with Crippen LogP contribution in [0.3, 0.4) is 0 Å². The first-order valence-corrected chi connectivity index (χ1v) is 8.79. The number of hydrogen-bond donors (Lipinski definition) is 2. The van der Waals surface area contributed by atoms with Gasteiger partial charge in [-0.1, -0.05) is 30.3 Å². The topological polar surface area (TPSA) is 79.9 Å². The molecule has 0 atom stereocenters. The van der Waals surface area contributed by atoms with Crippen LogP contribution in [0.2, 0.25) is 0 Å². The number of fused-ring (bicyclic) bond motifs is 1. The molecule has 1 heterocycles. The molecule has 0 saturated carbocycles. The van der Waals surface area contributed by atoms with Crippen molar-refractivity contribution >= 4 is 16.9 Å². The number of carboxylic acid groups (broad SMARTS) is 1. The van der Waals surface area contributed by atoms with Gasteiger partial charge in [0.2, 0.25) is 0 Å². The number of carboxylic acids is 1. The van der Waals surface area contributed by atoms with Crippen LogP contribution in [0, 0.1) is 6.92 Å². The van der Waals surface area contributed by atoms with E-state index in [4.69, 9.17) is 9.15 Å². The summed E-state index contributed by atoms with van der Waals surface area (Å²) in [5.74, 6) is -0.116. The van der Waals surface area contributed by atoms with Gasteiger partial charge in [-0.2, -0.15) is 0 Å². The molecule has 1 aromatic heterocycles. The van der Waals surface area contributed by atoms with Crippen LogP contribution in [0.15, 0.2) is 71.1 Å². The SMILES string of the molecule is Cc1cc(COc2cccc(-c3cc4ccccc4o3)c2)c(O)c(C(=O)O)c1. The predicted octanol–water partition coefficient (Wildman–Crippen LogP) is 5.39. The van der Waals surface area contributed by atoms with E-state index >= 15 is 0 Å². The zero-order valence-corrected chi connectivity index (χ0v) is 15.2. The fourth-order valence-electron chi connectivity index (χ4n) is 3.15. The van der Waals surface area contributed by atoms with Crippen molar-refractivity contribution in [3.8, 4) is 22.8 Å². The molecule has 0 aliphatic rings. The molecule has 0 spiro atoms. The Morgan fingerprint density at radius 2 is 1.86 bits per heavy atom. The lowest BCUT2D eigenvalue weighted by atomic mass is 10.1. The first-order valence-electron chi connectivity index (χ1n) is 8.79. The Kier molecular flexibility index (Phi) is 4.49.